The number of aromatic nitrogens is 4. The van der Waals surface area contributed by atoms with Gasteiger partial charge in [0, 0.05) is 35.6 Å². The van der Waals surface area contributed by atoms with Gasteiger partial charge in [0.15, 0.2) is 0 Å². The summed E-state index contributed by atoms with van der Waals surface area (Å²) in [6.07, 6.45) is 3.38. The van der Waals surface area contributed by atoms with Crippen molar-refractivity contribution in [3.8, 4) is 0 Å². The van der Waals surface area contributed by atoms with Gasteiger partial charge >= 0.3 is 0 Å². The molecule has 3 rings (SSSR count). The Kier molecular flexibility index (Phi) is 2.98. The SMILES string of the molecule is Cc1n[nH]c(C)c1CNC(=O)c1c[nH]c2ncccc12. The summed E-state index contributed by atoms with van der Waals surface area (Å²) in [6, 6.07) is 3.69. The smallest absolute Gasteiger partial charge is 0.253 e. The average Bonchev–Trinajstić information content (AvgIpc) is 3.01. The van der Waals surface area contributed by atoms with Gasteiger partial charge in [-0.15, -0.1) is 0 Å². The molecular weight excluding hydrogens is 254 g/mol. The maximum absolute atomic E-state index is 12.2. The molecule has 0 aliphatic carbocycles. The van der Waals surface area contributed by atoms with Gasteiger partial charge in [0.25, 0.3) is 5.91 Å². The summed E-state index contributed by atoms with van der Waals surface area (Å²) in [5.41, 5.74) is 4.23. The van der Waals surface area contributed by atoms with Gasteiger partial charge in [0.1, 0.15) is 5.65 Å². The Balaban J connectivity index is 1.80. The Morgan fingerprint density at radius 1 is 1.40 bits per heavy atom. The van der Waals surface area contributed by atoms with Crippen molar-refractivity contribution in [1.29, 1.82) is 0 Å². The molecule has 1 amide bonds. The second-order valence-electron chi connectivity index (χ2n) is 4.70. The lowest BCUT2D eigenvalue weighted by molar-refractivity contribution is 0.0952. The highest BCUT2D eigenvalue weighted by Crippen LogP contribution is 2.16. The molecule has 0 radical (unpaired) electrons. The number of amides is 1. The van der Waals surface area contributed by atoms with E-state index in [1.54, 1.807) is 12.4 Å². The lowest BCUT2D eigenvalue weighted by Gasteiger charge is -2.04. The van der Waals surface area contributed by atoms with Crippen LogP contribution in [0.4, 0.5) is 0 Å². The molecule has 6 nitrogen and oxygen atoms in total. The number of rotatable bonds is 3. The van der Waals surface area contributed by atoms with Crippen LogP contribution in [-0.2, 0) is 6.54 Å². The third-order valence-electron chi connectivity index (χ3n) is 3.40. The van der Waals surface area contributed by atoms with E-state index in [1.165, 1.54) is 0 Å². The summed E-state index contributed by atoms with van der Waals surface area (Å²) in [7, 11) is 0. The molecule has 0 spiro atoms. The average molecular weight is 269 g/mol. The number of pyridine rings is 1. The molecule has 102 valence electrons. The van der Waals surface area contributed by atoms with Gasteiger partial charge in [-0.3, -0.25) is 9.89 Å². The number of nitrogens with one attached hydrogen (secondary N) is 3. The minimum absolute atomic E-state index is 0.121. The van der Waals surface area contributed by atoms with Crippen LogP contribution in [0, 0.1) is 13.8 Å². The van der Waals surface area contributed by atoms with Crippen LogP contribution in [0.25, 0.3) is 11.0 Å². The van der Waals surface area contributed by atoms with Gasteiger partial charge in [-0.05, 0) is 26.0 Å². The number of aromatic amines is 2. The quantitative estimate of drug-likeness (QED) is 0.678. The van der Waals surface area contributed by atoms with E-state index >= 15 is 0 Å². The van der Waals surface area contributed by atoms with E-state index in [0.717, 1.165) is 22.3 Å². The summed E-state index contributed by atoms with van der Waals surface area (Å²) < 4.78 is 0. The monoisotopic (exact) mass is 269 g/mol. The first kappa shape index (κ1) is 12.4. The Hall–Kier alpha value is -2.63. The van der Waals surface area contributed by atoms with Crippen LogP contribution in [0.2, 0.25) is 0 Å². The van der Waals surface area contributed by atoms with Gasteiger partial charge in [0.05, 0.1) is 11.3 Å². The predicted molar refractivity (Wildman–Crippen MR) is 75.3 cm³/mol. The number of carbonyl (C=O) groups excluding carboxylic acids is 1. The number of nitrogens with zero attached hydrogens (tertiary/aromatic N) is 2. The molecule has 6 heteroatoms. The molecule has 0 bridgehead atoms. The van der Waals surface area contributed by atoms with E-state index in [1.807, 2.05) is 26.0 Å². The fourth-order valence-electron chi connectivity index (χ4n) is 2.24. The van der Waals surface area contributed by atoms with Crippen molar-refractivity contribution in [2.24, 2.45) is 0 Å². The largest absolute Gasteiger partial charge is 0.348 e. The second kappa shape index (κ2) is 4.80. The lowest BCUT2D eigenvalue weighted by atomic mass is 10.2. The van der Waals surface area contributed by atoms with Gasteiger partial charge < -0.3 is 10.3 Å². The van der Waals surface area contributed by atoms with Crippen LogP contribution in [0.5, 0.6) is 0 Å². The van der Waals surface area contributed by atoms with Crippen LogP contribution in [0.1, 0.15) is 27.3 Å². The first-order chi connectivity index (χ1) is 9.66. The summed E-state index contributed by atoms with van der Waals surface area (Å²) in [5.74, 6) is -0.121. The molecule has 20 heavy (non-hydrogen) atoms. The number of aryl methyl sites for hydroxylation is 2. The van der Waals surface area contributed by atoms with Gasteiger partial charge in [0.2, 0.25) is 0 Å². The van der Waals surface area contributed by atoms with Crippen molar-refractivity contribution in [3.63, 3.8) is 0 Å². The van der Waals surface area contributed by atoms with E-state index < -0.39 is 0 Å². The van der Waals surface area contributed by atoms with Crippen molar-refractivity contribution < 1.29 is 4.79 Å². The van der Waals surface area contributed by atoms with E-state index in [-0.39, 0.29) is 5.91 Å². The summed E-state index contributed by atoms with van der Waals surface area (Å²) in [6.45, 7) is 4.32. The van der Waals surface area contributed by atoms with Gasteiger partial charge in [-0.1, -0.05) is 0 Å². The van der Waals surface area contributed by atoms with Crippen LogP contribution in [-0.4, -0.2) is 26.1 Å². The maximum atomic E-state index is 12.2. The molecule has 3 N–H and O–H groups in total. The minimum atomic E-state index is -0.121. The highest BCUT2D eigenvalue weighted by atomic mass is 16.1. The van der Waals surface area contributed by atoms with E-state index in [2.05, 4.69) is 25.5 Å². The fourth-order valence-corrected chi connectivity index (χ4v) is 2.24. The van der Waals surface area contributed by atoms with Crippen LogP contribution in [0.3, 0.4) is 0 Å². The lowest BCUT2D eigenvalue weighted by Crippen LogP contribution is -2.23. The standard InChI is InChI=1S/C14H15N5O/c1-8-11(9(2)19-18-8)6-17-14(20)12-7-16-13-10(12)4-3-5-15-13/h3-5,7H,6H2,1-2H3,(H,15,16)(H,17,20)(H,18,19). The molecule has 0 atom stereocenters. The maximum Gasteiger partial charge on any atom is 0.253 e. The summed E-state index contributed by atoms with van der Waals surface area (Å²) in [5, 5.41) is 10.8. The minimum Gasteiger partial charge on any atom is -0.348 e. The third kappa shape index (κ3) is 2.05. The van der Waals surface area contributed by atoms with Crippen molar-refractivity contribution >= 4 is 16.9 Å². The van der Waals surface area contributed by atoms with Crippen molar-refractivity contribution in [3.05, 3.63) is 47.0 Å². The molecule has 0 fully saturated rings. The number of carbonyl (C=O) groups is 1. The molecule has 3 heterocycles. The molecule has 0 saturated carbocycles. The Labute approximate surface area is 115 Å². The zero-order valence-corrected chi connectivity index (χ0v) is 11.3. The molecule has 0 aliphatic heterocycles. The number of fused-ring (bicyclic) bond motifs is 1. The van der Waals surface area contributed by atoms with Crippen molar-refractivity contribution in [2.75, 3.05) is 0 Å². The zero-order chi connectivity index (χ0) is 14.1. The third-order valence-corrected chi connectivity index (χ3v) is 3.40. The van der Waals surface area contributed by atoms with Crippen LogP contribution >= 0.6 is 0 Å². The Morgan fingerprint density at radius 2 is 2.25 bits per heavy atom. The summed E-state index contributed by atoms with van der Waals surface area (Å²) in [4.78, 5) is 19.4. The molecule has 0 unspecified atom stereocenters. The molecule has 0 saturated heterocycles. The first-order valence-corrected chi connectivity index (χ1v) is 6.37. The molecule has 3 aromatic heterocycles. The normalized spacial score (nSPS) is 10.9. The van der Waals surface area contributed by atoms with Crippen molar-refractivity contribution in [1.82, 2.24) is 25.5 Å². The highest BCUT2D eigenvalue weighted by molar-refractivity contribution is 6.05. The zero-order valence-electron chi connectivity index (χ0n) is 11.3. The number of hydrogen-bond acceptors (Lipinski definition) is 3. The Morgan fingerprint density at radius 3 is 3.00 bits per heavy atom. The predicted octanol–water partition coefficient (Wildman–Crippen LogP) is 1.83. The van der Waals surface area contributed by atoms with E-state index in [0.29, 0.717) is 17.8 Å². The highest BCUT2D eigenvalue weighted by Gasteiger charge is 2.13. The first-order valence-electron chi connectivity index (χ1n) is 6.37. The van der Waals surface area contributed by atoms with E-state index in [4.69, 9.17) is 0 Å². The van der Waals surface area contributed by atoms with E-state index in [9.17, 15) is 4.79 Å². The van der Waals surface area contributed by atoms with Crippen LogP contribution < -0.4 is 5.32 Å². The van der Waals surface area contributed by atoms with Gasteiger partial charge in [-0.25, -0.2) is 4.98 Å². The number of H-pyrrole nitrogens is 2. The molecule has 3 aromatic rings. The molecular formula is C14H15N5O. The molecule has 0 aliphatic rings. The second-order valence-corrected chi connectivity index (χ2v) is 4.70. The topological polar surface area (TPSA) is 86.5 Å². The van der Waals surface area contributed by atoms with Gasteiger partial charge in [-0.2, -0.15) is 5.10 Å². The Bertz CT molecular complexity index is 751. The summed E-state index contributed by atoms with van der Waals surface area (Å²) >= 11 is 0. The number of hydrogen-bond donors (Lipinski definition) is 3. The molecule has 0 aromatic carbocycles. The fraction of sp³-hybridized carbons (Fsp3) is 0.214. The van der Waals surface area contributed by atoms with Crippen LogP contribution in [0.15, 0.2) is 24.5 Å². The van der Waals surface area contributed by atoms with Crippen molar-refractivity contribution in [2.45, 2.75) is 20.4 Å².